The molecule has 1 aromatic carbocycles. The molecule has 0 spiro atoms. The number of benzene rings is 1. The molecule has 116 valence electrons. The SMILES string of the molecule is NCc1cc(C(F)(F)F)ccc1N1CCOC2CCCC21. The van der Waals surface area contributed by atoms with Crippen LogP contribution in [0.2, 0.25) is 0 Å². The number of nitrogens with zero attached hydrogens (tertiary/aromatic N) is 1. The molecule has 0 aromatic heterocycles. The van der Waals surface area contributed by atoms with E-state index in [0.717, 1.165) is 31.0 Å². The lowest BCUT2D eigenvalue weighted by atomic mass is 10.0. The van der Waals surface area contributed by atoms with E-state index in [1.165, 1.54) is 6.07 Å². The Hall–Kier alpha value is -1.27. The van der Waals surface area contributed by atoms with Crippen LogP contribution in [-0.4, -0.2) is 25.3 Å². The minimum atomic E-state index is -4.33. The van der Waals surface area contributed by atoms with E-state index in [2.05, 4.69) is 4.90 Å². The lowest BCUT2D eigenvalue weighted by Gasteiger charge is -2.40. The summed E-state index contributed by atoms with van der Waals surface area (Å²) < 4.78 is 44.2. The van der Waals surface area contributed by atoms with Crippen molar-refractivity contribution in [3.63, 3.8) is 0 Å². The highest BCUT2D eigenvalue weighted by atomic mass is 19.4. The number of rotatable bonds is 2. The average molecular weight is 300 g/mol. The van der Waals surface area contributed by atoms with E-state index >= 15 is 0 Å². The van der Waals surface area contributed by atoms with Crippen molar-refractivity contribution in [2.24, 2.45) is 5.73 Å². The van der Waals surface area contributed by atoms with Crippen molar-refractivity contribution in [2.45, 2.75) is 44.1 Å². The number of hydrogen-bond donors (Lipinski definition) is 1. The van der Waals surface area contributed by atoms with Crippen LogP contribution in [0.5, 0.6) is 0 Å². The Bertz CT molecular complexity index is 518. The first kappa shape index (κ1) is 14.7. The molecule has 0 bridgehead atoms. The van der Waals surface area contributed by atoms with Gasteiger partial charge in [0, 0.05) is 18.8 Å². The van der Waals surface area contributed by atoms with Crippen LogP contribution in [0.1, 0.15) is 30.4 Å². The first-order valence-electron chi connectivity index (χ1n) is 7.29. The number of hydrogen-bond acceptors (Lipinski definition) is 3. The number of ether oxygens (including phenoxy) is 1. The summed E-state index contributed by atoms with van der Waals surface area (Å²) in [4.78, 5) is 2.18. The summed E-state index contributed by atoms with van der Waals surface area (Å²) in [5.41, 5.74) is 6.42. The second kappa shape index (κ2) is 5.50. The largest absolute Gasteiger partial charge is 0.416 e. The molecular formula is C15H19F3N2O. The summed E-state index contributed by atoms with van der Waals surface area (Å²) >= 11 is 0. The Kier molecular flexibility index (Phi) is 3.84. The molecule has 2 fully saturated rings. The highest BCUT2D eigenvalue weighted by Gasteiger charge is 2.37. The third-order valence-electron chi connectivity index (χ3n) is 4.42. The highest BCUT2D eigenvalue weighted by molar-refractivity contribution is 5.57. The third kappa shape index (κ3) is 2.74. The van der Waals surface area contributed by atoms with Crippen LogP contribution in [0.15, 0.2) is 18.2 Å². The number of anilines is 1. The summed E-state index contributed by atoms with van der Waals surface area (Å²) in [6.07, 6.45) is -0.977. The predicted molar refractivity (Wildman–Crippen MR) is 74.1 cm³/mol. The lowest BCUT2D eigenvalue weighted by Crippen LogP contribution is -2.49. The average Bonchev–Trinajstić information content (AvgIpc) is 2.94. The molecule has 1 saturated carbocycles. The van der Waals surface area contributed by atoms with Gasteiger partial charge in [-0.25, -0.2) is 0 Å². The maximum atomic E-state index is 12.8. The van der Waals surface area contributed by atoms with Crippen molar-refractivity contribution < 1.29 is 17.9 Å². The van der Waals surface area contributed by atoms with Gasteiger partial charge in [-0.2, -0.15) is 13.2 Å². The van der Waals surface area contributed by atoms with Crippen molar-refractivity contribution >= 4 is 5.69 Å². The van der Waals surface area contributed by atoms with Gasteiger partial charge in [-0.1, -0.05) is 0 Å². The standard InChI is InChI=1S/C15H19F3N2O/c16-15(17,18)11-4-5-12(10(8-11)9-19)20-6-7-21-14-3-1-2-13(14)20/h4-5,8,13-14H,1-3,6-7,9,19H2. The first-order valence-corrected chi connectivity index (χ1v) is 7.29. The Balaban J connectivity index is 1.94. The second-order valence-electron chi connectivity index (χ2n) is 5.65. The van der Waals surface area contributed by atoms with E-state index in [1.54, 1.807) is 6.07 Å². The van der Waals surface area contributed by atoms with Gasteiger partial charge in [-0.15, -0.1) is 0 Å². The fourth-order valence-electron chi connectivity index (χ4n) is 3.43. The minimum absolute atomic E-state index is 0.105. The molecule has 2 atom stereocenters. The van der Waals surface area contributed by atoms with Crippen molar-refractivity contribution in [1.82, 2.24) is 0 Å². The van der Waals surface area contributed by atoms with Crippen LogP contribution >= 0.6 is 0 Å². The Morgan fingerprint density at radius 3 is 2.81 bits per heavy atom. The van der Waals surface area contributed by atoms with E-state index in [1.807, 2.05) is 0 Å². The van der Waals surface area contributed by atoms with E-state index in [0.29, 0.717) is 18.7 Å². The van der Waals surface area contributed by atoms with Crippen LogP contribution in [0.25, 0.3) is 0 Å². The minimum Gasteiger partial charge on any atom is -0.374 e. The van der Waals surface area contributed by atoms with Crippen molar-refractivity contribution in [3.8, 4) is 0 Å². The zero-order chi connectivity index (χ0) is 15.0. The summed E-state index contributed by atoms with van der Waals surface area (Å²) in [5, 5.41) is 0. The maximum absolute atomic E-state index is 12.8. The summed E-state index contributed by atoms with van der Waals surface area (Å²) in [6.45, 7) is 1.43. The molecule has 3 nitrogen and oxygen atoms in total. The van der Waals surface area contributed by atoms with Crippen molar-refractivity contribution in [2.75, 3.05) is 18.1 Å². The van der Waals surface area contributed by atoms with E-state index in [-0.39, 0.29) is 18.7 Å². The lowest BCUT2D eigenvalue weighted by molar-refractivity contribution is -0.137. The fourth-order valence-corrected chi connectivity index (χ4v) is 3.43. The summed E-state index contributed by atoms with van der Waals surface area (Å²) in [7, 11) is 0. The number of fused-ring (bicyclic) bond motifs is 1. The number of nitrogens with two attached hydrogens (primary N) is 1. The van der Waals surface area contributed by atoms with Gasteiger partial charge in [0.15, 0.2) is 0 Å². The van der Waals surface area contributed by atoms with Gasteiger partial charge in [-0.05, 0) is 43.0 Å². The van der Waals surface area contributed by atoms with Crippen molar-refractivity contribution in [3.05, 3.63) is 29.3 Å². The molecule has 0 radical (unpaired) electrons. The number of alkyl halides is 3. The maximum Gasteiger partial charge on any atom is 0.416 e. The molecule has 6 heteroatoms. The fraction of sp³-hybridized carbons (Fsp3) is 0.600. The Labute approximate surface area is 121 Å². The smallest absolute Gasteiger partial charge is 0.374 e. The molecule has 2 unspecified atom stereocenters. The topological polar surface area (TPSA) is 38.5 Å². The Morgan fingerprint density at radius 1 is 1.29 bits per heavy atom. The molecule has 3 rings (SSSR count). The number of morpholine rings is 1. The Morgan fingerprint density at radius 2 is 2.10 bits per heavy atom. The zero-order valence-electron chi connectivity index (χ0n) is 11.7. The summed E-state index contributed by atoms with van der Waals surface area (Å²) in [5.74, 6) is 0. The molecule has 2 aliphatic rings. The zero-order valence-corrected chi connectivity index (χ0v) is 11.7. The van der Waals surface area contributed by atoms with Gasteiger partial charge < -0.3 is 15.4 Å². The van der Waals surface area contributed by atoms with E-state index in [9.17, 15) is 13.2 Å². The van der Waals surface area contributed by atoms with Crippen LogP contribution < -0.4 is 10.6 Å². The molecule has 1 aromatic rings. The van der Waals surface area contributed by atoms with Gasteiger partial charge in [0.05, 0.1) is 24.3 Å². The van der Waals surface area contributed by atoms with Crippen molar-refractivity contribution in [1.29, 1.82) is 0 Å². The van der Waals surface area contributed by atoms with Gasteiger partial charge in [0.2, 0.25) is 0 Å². The molecule has 21 heavy (non-hydrogen) atoms. The molecule has 0 amide bonds. The number of halogens is 3. The predicted octanol–water partition coefficient (Wildman–Crippen LogP) is 2.92. The van der Waals surface area contributed by atoms with E-state index < -0.39 is 11.7 Å². The normalized spacial score (nSPS) is 26.0. The molecule has 1 aliphatic heterocycles. The van der Waals surface area contributed by atoms with E-state index in [4.69, 9.17) is 10.5 Å². The first-order chi connectivity index (χ1) is 10.0. The third-order valence-corrected chi connectivity index (χ3v) is 4.42. The van der Waals surface area contributed by atoms with Gasteiger partial charge >= 0.3 is 6.18 Å². The van der Waals surface area contributed by atoms with Crippen LogP contribution in [-0.2, 0) is 17.5 Å². The van der Waals surface area contributed by atoms with Gasteiger partial charge in [0.1, 0.15) is 0 Å². The quantitative estimate of drug-likeness (QED) is 0.912. The van der Waals surface area contributed by atoms with Crippen LogP contribution in [0.4, 0.5) is 18.9 Å². The van der Waals surface area contributed by atoms with Crippen LogP contribution in [0, 0.1) is 0 Å². The monoisotopic (exact) mass is 300 g/mol. The van der Waals surface area contributed by atoms with Gasteiger partial charge in [0.25, 0.3) is 0 Å². The summed E-state index contributed by atoms with van der Waals surface area (Å²) in [6, 6.07) is 4.15. The molecule has 1 saturated heterocycles. The molecular weight excluding hydrogens is 281 g/mol. The second-order valence-corrected chi connectivity index (χ2v) is 5.65. The molecule has 2 N–H and O–H groups in total. The van der Waals surface area contributed by atoms with Crippen LogP contribution in [0.3, 0.4) is 0 Å². The van der Waals surface area contributed by atoms with Gasteiger partial charge in [-0.3, -0.25) is 0 Å². The molecule has 1 aliphatic carbocycles. The highest BCUT2D eigenvalue weighted by Crippen LogP contribution is 2.37. The molecule has 1 heterocycles.